The molecule has 35 heavy (non-hydrogen) atoms. The predicted octanol–water partition coefficient (Wildman–Crippen LogP) is 5.52. The first-order valence-electron chi connectivity index (χ1n) is 11.2. The number of allylic oxidation sites excluding steroid dienone is 1. The zero-order valence-electron chi connectivity index (χ0n) is 19.0. The molecule has 176 valence electrons. The SMILES string of the molecule is C=CCn1c(SCc2ccc(C(=O)Nc3ccccc3)cc2)nnc1C1COc2ccccc2O1. The summed E-state index contributed by atoms with van der Waals surface area (Å²) in [5.41, 5.74) is 2.45. The number of anilines is 1. The summed E-state index contributed by atoms with van der Waals surface area (Å²) in [5, 5.41) is 12.5. The Kier molecular flexibility index (Phi) is 6.81. The molecule has 0 fully saturated rings. The quantitative estimate of drug-likeness (QED) is 0.262. The Morgan fingerprint density at radius 2 is 1.77 bits per heavy atom. The van der Waals surface area contributed by atoms with E-state index in [9.17, 15) is 4.79 Å². The summed E-state index contributed by atoms with van der Waals surface area (Å²) in [7, 11) is 0. The van der Waals surface area contributed by atoms with Gasteiger partial charge in [-0.05, 0) is 42.0 Å². The van der Waals surface area contributed by atoms with E-state index in [2.05, 4.69) is 22.1 Å². The molecule has 0 radical (unpaired) electrons. The number of hydrogen-bond acceptors (Lipinski definition) is 6. The highest BCUT2D eigenvalue weighted by atomic mass is 32.2. The number of rotatable bonds is 8. The van der Waals surface area contributed by atoms with Gasteiger partial charge in [0, 0.05) is 23.5 Å². The number of para-hydroxylation sites is 3. The van der Waals surface area contributed by atoms with Gasteiger partial charge in [0.15, 0.2) is 28.6 Å². The van der Waals surface area contributed by atoms with Crippen LogP contribution in [0.5, 0.6) is 11.5 Å². The van der Waals surface area contributed by atoms with Crippen LogP contribution in [0.2, 0.25) is 0 Å². The lowest BCUT2D eigenvalue weighted by Crippen LogP contribution is -2.25. The van der Waals surface area contributed by atoms with Gasteiger partial charge in [-0.1, -0.05) is 60.3 Å². The maximum absolute atomic E-state index is 12.5. The molecule has 1 N–H and O–H groups in total. The first kappa shape index (κ1) is 22.7. The highest BCUT2D eigenvalue weighted by molar-refractivity contribution is 7.98. The molecule has 1 aliphatic heterocycles. The molecule has 4 aromatic rings. The first-order chi connectivity index (χ1) is 17.2. The van der Waals surface area contributed by atoms with E-state index in [0.717, 1.165) is 22.2 Å². The van der Waals surface area contributed by atoms with E-state index in [1.165, 1.54) is 0 Å². The predicted molar refractivity (Wildman–Crippen MR) is 136 cm³/mol. The largest absolute Gasteiger partial charge is 0.485 e. The van der Waals surface area contributed by atoms with Crippen LogP contribution in [0, 0.1) is 0 Å². The van der Waals surface area contributed by atoms with Crippen molar-refractivity contribution in [2.45, 2.75) is 23.6 Å². The van der Waals surface area contributed by atoms with E-state index in [-0.39, 0.29) is 12.0 Å². The average molecular weight is 485 g/mol. The van der Waals surface area contributed by atoms with E-state index >= 15 is 0 Å². The number of fused-ring (bicyclic) bond motifs is 1. The van der Waals surface area contributed by atoms with Gasteiger partial charge in [0.1, 0.15) is 6.61 Å². The zero-order chi connectivity index (χ0) is 24.0. The fraction of sp³-hybridized carbons (Fsp3) is 0.148. The summed E-state index contributed by atoms with van der Waals surface area (Å²) in [6.07, 6.45) is 1.46. The van der Waals surface area contributed by atoms with E-state index in [0.29, 0.717) is 36.0 Å². The van der Waals surface area contributed by atoms with Gasteiger partial charge in [-0.2, -0.15) is 0 Å². The number of benzene rings is 3. The molecule has 0 aliphatic carbocycles. The lowest BCUT2D eigenvalue weighted by atomic mass is 10.1. The second kappa shape index (κ2) is 10.5. The third-order valence-electron chi connectivity index (χ3n) is 5.47. The van der Waals surface area contributed by atoms with Gasteiger partial charge >= 0.3 is 0 Å². The minimum atomic E-state index is -0.353. The summed E-state index contributed by atoms with van der Waals surface area (Å²) in [6, 6.07) is 24.6. The molecule has 0 spiro atoms. The van der Waals surface area contributed by atoms with Crippen LogP contribution >= 0.6 is 11.8 Å². The van der Waals surface area contributed by atoms with Crippen molar-refractivity contribution in [3.63, 3.8) is 0 Å². The van der Waals surface area contributed by atoms with Crippen LogP contribution in [0.3, 0.4) is 0 Å². The van der Waals surface area contributed by atoms with Gasteiger partial charge in [0.05, 0.1) is 0 Å². The molecular weight excluding hydrogens is 460 g/mol. The third-order valence-corrected chi connectivity index (χ3v) is 6.51. The Balaban J connectivity index is 1.25. The van der Waals surface area contributed by atoms with Gasteiger partial charge in [-0.25, -0.2) is 0 Å². The third kappa shape index (κ3) is 5.22. The van der Waals surface area contributed by atoms with Crippen molar-refractivity contribution in [1.29, 1.82) is 0 Å². The molecule has 8 heteroatoms. The van der Waals surface area contributed by atoms with E-state index in [1.54, 1.807) is 11.8 Å². The van der Waals surface area contributed by atoms with Crippen LogP contribution in [0.4, 0.5) is 5.69 Å². The first-order valence-corrected chi connectivity index (χ1v) is 12.2. The minimum Gasteiger partial charge on any atom is -0.485 e. The number of nitrogens with zero attached hydrogens (tertiary/aromatic N) is 3. The topological polar surface area (TPSA) is 78.3 Å². The Bertz CT molecular complexity index is 1320. The van der Waals surface area contributed by atoms with E-state index in [4.69, 9.17) is 9.47 Å². The second-order valence-corrected chi connectivity index (χ2v) is 8.85. The smallest absolute Gasteiger partial charge is 0.255 e. The number of thioether (sulfide) groups is 1. The molecule has 0 saturated heterocycles. The van der Waals surface area contributed by atoms with Crippen molar-refractivity contribution in [2.24, 2.45) is 0 Å². The average Bonchev–Trinajstić information content (AvgIpc) is 3.30. The standard InChI is InChI=1S/C27H24N4O3S/c1-2-16-31-25(24-17-33-22-10-6-7-11-23(22)34-24)29-30-27(31)35-18-19-12-14-20(15-13-19)26(32)28-21-8-4-3-5-9-21/h2-15,24H,1,16-18H2,(H,28,32). The van der Waals surface area contributed by atoms with Crippen molar-refractivity contribution in [3.05, 3.63) is 108 Å². The van der Waals surface area contributed by atoms with Crippen LogP contribution in [-0.2, 0) is 12.3 Å². The summed E-state index contributed by atoms with van der Waals surface area (Å²) in [6.45, 7) is 4.80. The highest BCUT2D eigenvalue weighted by Gasteiger charge is 2.28. The van der Waals surface area contributed by atoms with Gasteiger partial charge in [0.2, 0.25) is 0 Å². The van der Waals surface area contributed by atoms with Gasteiger partial charge < -0.3 is 14.8 Å². The summed E-state index contributed by atoms with van der Waals surface area (Å²) in [4.78, 5) is 12.5. The fourth-order valence-corrected chi connectivity index (χ4v) is 4.63. The van der Waals surface area contributed by atoms with Gasteiger partial charge in [0.25, 0.3) is 5.91 Å². The number of hydrogen-bond donors (Lipinski definition) is 1. The van der Waals surface area contributed by atoms with Gasteiger partial charge in [-0.15, -0.1) is 16.8 Å². The Morgan fingerprint density at radius 1 is 1.03 bits per heavy atom. The number of ether oxygens (including phenoxy) is 2. The van der Waals surface area contributed by atoms with Crippen molar-refractivity contribution in [2.75, 3.05) is 11.9 Å². The molecule has 1 unspecified atom stereocenters. The van der Waals surface area contributed by atoms with Crippen LogP contribution in [0.1, 0.15) is 27.8 Å². The van der Waals surface area contributed by atoms with Crippen molar-refractivity contribution in [3.8, 4) is 11.5 Å². The summed E-state index contributed by atoms with van der Waals surface area (Å²) < 4.78 is 14.0. The number of carbonyl (C=O) groups excluding carboxylic acids is 1. The Labute approximate surface area is 207 Å². The van der Waals surface area contributed by atoms with Crippen molar-refractivity contribution >= 4 is 23.4 Å². The molecule has 7 nitrogen and oxygen atoms in total. The monoisotopic (exact) mass is 484 g/mol. The maximum atomic E-state index is 12.5. The van der Waals surface area contributed by atoms with Crippen LogP contribution in [-0.4, -0.2) is 27.3 Å². The zero-order valence-corrected chi connectivity index (χ0v) is 19.8. The van der Waals surface area contributed by atoms with Crippen LogP contribution in [0.15, 0.2) is 96.7 Å². The molecule has 5 rings (SSSR count). The van der Waals surface area contributed by atoms with Crippen molar-refractivity contribution in [1.82, 2.24) is 14.8 Å². The molecule has 1 atom stereocenters. The summed E-state index contributed by atoms with van der Waals surface area (Å²) >= 11 is 1.57. The maximum Gasteiger partial charge on any atom is 0.255 e. The van der Waals surface area contributed by atoms with Crippen LogP contribution in [0.25, 0.3) is 0 Å². The van der Waals surface area contributed by atoms with E-state index < -0.39 is 0 Å². The normalized spacial score (nSPS) is 14.3. The molecule has 1 amide bonds. The van der Waals surface area contributed by atoms with Crippen LogP contribution < -0.4 is 14.8 Å². The number of carbonyl (C=O) groups is 1. The molecule has 2 heterocycles. The molecule has 1 aromatic heterocycles. The Hall–Kier alpha value is -4.04. The number of nitrogens with one attached hydrogen (secondary N) is 1. The van der Waals surface area contributed by atoms with Crippen molar-refractivity contribution < 1.29 is 14.3 Å². The van der Waals surface area contributed by atoms with E-state index in [1.807, 2.05) is 89.5 Å². The number of aromatic nitrogens is 3. The lowest BCUT2D eigenvalue weighted by molar-refractivity contribution is 0.0821. The second-order valence-electron chi connectivity index (χ2n) is 7.91. The minimum absolute atomic E-state index is 0.137. The number of amides is 1. The molecular formula is C27H24N4O3S. The molecule has 0 saturated carbocycles. The highest BCUT2D eigenvalue weighted by Crippen LogP contribution is 2.36. The fourth-order valence-electron chi connectivity index (χ4n) is 3.72. The molecule has 0 bridgehead atoms. The molecule has 1 aliphatic rings. The lowest BCUT2D eigenvalue weighted by Gasteiger charge is -2.26. The molecule has 3 aromatic carbocycles. The van der Waals surface area contributed by atoms with Gasteiger partial charge in [-0.3, -0.25) is 9.36 Å². The Morgan fingerprint density at radius 3 is 2.54 bits per heavy atom. The summed E-state index contributed by atoms with van der Waals surface area (Å²) in [5.74, 6) is 2.68.